The van der Waals surface area contributed by atoms with Crippen molar-refractivity contribution < 1.29 is 4.79 Å². The van der Waals surface area contributed by atoms with Crippen molar-refractivity contribution in [2.45, 2.75) is 52.0 Å². The summed E-state index contributed by atoms with van der Waals surface area (Å²) in [6.07, 6.45) is 5.85. The number of hydrogen-bond donors (Lipinski definition) is 1. The van der Waals surface area contributed by atoms with Crippen LogP contribution in [-0.4, -0.2) is 30.1 Å². The molecule has 1 aliphatic carbocycles. The van der Waals surface area contributed by atoms with E-state index in [1.807, 2.05) is 4.90 Å². The van der Waals surface area contributed by atoms with Gasteiger partial charge in [0.1, 0.15) is 0 Å². The molecule has 0 aromatic heterocycles. The molecule has 0 aromatic carbocycles. The van der Waals surface area contributed by atoms with E-state index in [0.717, 1.165) is 25.9 Å². The van der Waals surface area contributed by atoms with Crippen LogP contribution in [0.4, 0.5) is 4.79 Å². The van der Waals surface area contributed by atoms with E-state index in [1.54, 1.807) is 0 Å². The van der Waals surface area contributed by atoms with Crippen LogP contribution in [0.1, 0.15) is 46.0 Å². The molecule has 2 rings (SSSR count). The van der Waals surface area contributed by atoms with Gasteiger partial charge in [-0.25, -0.2) is 4.79 Å². The molecule has 0 unspecified atom stereocenters. The fourth-order valence-electron chi connectivity index (χ4n) is 2.12. The first-order valence-corrected chi connectivity index (χ1v) is 6.12. The molecule has 2 aliphatic rings. The van der Waals surface area contributed by atoms with E-state index in [0.29, 0.717) is 11.5 Å². The molecule has 2 fully saturated rings. The van der Waals surface area contributed by atoms with E-state index in [4.69, 9.17) is 0 Å². The molecule has 0 spiro atoms. The van der Waals surface area contributed by atoms with Crippen molar-refractivity contribution >= 4 is 6.03 Å². The Bertz CT molecular complexity index is 246. The van der Waals surface area contributed by atoms with Gasteiger partial charge >= 0.3 is 6.03 Å². The number of nitrogens with zero attached hydrogens (tertiary/aromatic N) is 1. The second-order valence-electron chi connectivity index (χ2n) is 5.73. The number of rotatable bonds is 1. The van der Waals surface area contributed by atoms with Crippen molar-refractivity contribution in [3.8, 4) is 0 Å². The summed E-state index contributed by atoms with van der Waals surface area (Å²) >= 11 is 0. The fraction of sp³-hybridized carbons (Fsp3) is 0.917. The molecule has 0 radical (unpaired) electrons. The monoisotopic (exact) mass is 210 g/mol. The van der Waals surface area contributed by atoms with Gasteiger partial charge in [0.05, 0.1) is 0 Å². The predicted molar refractivity (Wildman–Crippen MR) is 60.8 cm³/mol. The number of nitrogens with one attached hydrogen (secondary N) is 1. The lowest BCUT2D eigenvalue weighted by atomic mass is 9.85. The summed E-state index contributed by atoms with van der Waals surface area (Å²) in [6.45, 7) is 6.46. The van der Waals surface area contributed by atoms with Crippen LogP contribution >= 0.6 is 0 Å². The molecule has 2 amide bonds. The summed E-state index contributed by atoms with van der Waals surface area (Å²) in [7, 11) is 0. The van der Waals surface area contributed by atoms with Crippen LogP contribution < -0.4 is 5.32 Å². The number of likely N-dealkylation sites (tertiary alicyclic amines) is 1. The molecule has 1 saturated heterocycles. The van der Waals surface area contributed by atoms with Crippen molar-refractivity contribution in [2.75, 3.05) is 13.1 Å². The maximum Gasteiger partial charge on any atom is 0.317 e. The average Bonchev–Trinajstić information content (AvgIpc) is 2.93. The van der Waals surface area contributed by atoms with Gasteiger partial charge in [0.15, 0.2) is 0 Å². The third-order valence-electron chi connectivity index (χ3n) is 3.53. The van der Waals surface area contributed by atoms with E-state index >= 15 is 0 Å². The predicted octanol–water partition coefficient (Wildman–Crippen LogP) is 2.37. The van der Waals surface area contributed by atoms with E-state index in [-0.39, 0.29) is 6.03 Å². The van der Waals surface area contributed by atoms with Gasteiger partial charge in [-0.2, -0.15) is 0 Å². The number of amides is 2. The largest absolute Gasteiger partial charge is 0.335 e. The lowest BCUT2D eigenvalue weighted by Gasteiger charge is -2.23. The van der Waals surface area contributed by atoms with Gasteiger partial charge in [0.2, 0.25) is 0 Å². The van der Waals surface area contributed by atoms with Crippen LogP contribution in [0.3, 0.4) is 0 Å². The van der Waals surface area contributed by atoms with Crippen LogP contribution in [-0.2, 0) is 0 Å². The van der Waals surface area contributed by atoms with Crippen molar-refractivity contribution in [1.29, 1.82) is 0 Å². The molecule has 1 heterocycles. The fourth-order valence-corrected chi connectivity index (χ4v) is 2.12. The van der Waals surface area contributed by atoms with Crippen LogP contribution in [0.2, 0.25) is 0 Å². The summed E-state index contributed by atoms with van der Waals surface area (Å²) in [4.78, 5) is 13.8. The summed E-state index contributed by atoms with van der Waals surface area (Å²) in [6, 6.07) is 0.643. The van der Waals surface area contributed by atoms with Crippen LogP contribution in [0.15, 0.2) is 0 Å². The minimum Gasteiger partial charge on any atom is -0.335 e. The maximum atomic E-state index is 11.8. The van der Waals surface area contributed by atoms with E-state index in [1.165, 1.54) is 19.3 Å². The molecule has 1 saturated carbocycles. The highest BCUT2D eigenvalue weighted by molar-refractivity contribution is 5.74. The third-order valence-corrected chi connectivity index (χ3v) is 3.53. The zero-order chi connectivity index (χ0) is 10.9. The van der Waals surface area contributed by atoms with Gasteiger partial charge < -0.3 is 10.2 Å². The third kappa shape index (κ3) is 3.11. The number of urea groups is 1. The maximum absolute atomic E-state index is 11.8. The lowest BCUT2D eigenvalue weighted by Crippen LogP contribution is -2.41. The number of hydrogen-bond acceptors (Lipinski definition) is 1. The highest BCUT2D eigenvalue weighted by Crippen LogP contribution is 2.30. The first kappa shape index (κ1) is 10.8. The SMILES string of the molecule is CC1(C)CCCN(C(=O)NC2CC2)CC1. The molecule has 3 heteroatoms. The van der Waals surface area contributed by atoms with Gasteiger partial charge in [-0.1, -0.05) is 13.8 Å². The molecular formula is C12H22N2O. The topological polar surface area (TPSA) is 32.3 Å². The first-order chi connectivity index (χ1) is 7.07. The standard InChI is InChI=1S/C12H22N2O/c1-12(2)6-3-8-14(9-7-12)11(15)13-10-4-5-10/h10H,3-9H2,1-2H3,(H,13,15). The van der Waals surface area contributed by atoms with Crippen LogP contribution in [0.5, 0.6) is 0 Å². The molecule has 0 atom stereocenters. The van der Waals surface area contributed by atoms with Crippen LogP contribution in [0, 0.1) is 5.41 Å². The van der Waals surface area contributed by atoms with Crippen molar-refractivity contribution in [1.82, 2.24) is 10.2 Å². The summed E-state index contributed by atoms with van der Waals surface area (Å²) in [5.41, 5.74) is 0.411. The molecular weight excluding hydrogens is 188 g/mol. The molecule has 1 N–H and O–H groups in total. The Morgan fingerprint density at radius 1 is 1.27 bits per heavy atom. The Kier molecular flexibility index (Phi) is 2.89. The van der Waals surface area contributed by atoms with E-state index in [2.05, 4.69) is 19.2 Å². The summed E-state index contributed by atoms with van der Waals surface area (Å²) in [5.74, 6) is 0. The number of carbonyl (C=O) groups is 1. The summed E-state index contributed by atoms with van der Waals surface area (Å²) < 4.78 is 0. The molecule has 3 nitrogen and oxygen atoms in total. The molecule has 0 bridgehead atoms. The molecule has 1 aliphatic heterocycles. The summed E-state index contributed by atoms with van der Waals surface area (Å²) in [5, 5.41) is 3.07. The smallest absolute Gasteiger partial charge is 0.317 e. The quantitative estimate of drug-likeness (QED) is 0.708. The zero-order valence-corrected chi connectivity index (χ0v) is 9.88. The van der Waals surface area contributed by atoms with E-state index < -0.39 is 0 Å². The van der Waals surface area contributed by atoms with Gasteiger partial charge in [-0.05, 0) is 37.5 Å². The van der Waals surface area contributed by atoms with Crippen molar-refractivity contribution in [3.63, 3.8) is 0 Å². The first-order valence-electron chi connectivity index (χ1n) is 6.12. The minimum atomic E-state index is 0.162. The Morgan fingerprint density at radius 3 is 2.67 bits per heavy atom. The highest BCUT2D eigenvalue weighted by Gasteiger charge is 2.28. The Morgan fingerprint density at radius 2 is 2.00 bits per heavy atom. The second kappa shape index (κ2) is 4.03. The molecule has 86 valence electrons. The lowest BCUT2D eigenvalue weighted by molar-refractivity contribution is 0.197. The van der Waals surface area contributed by atoms with Gasteiger partial charge in [0.25, 0.3) is 0 Å². The van der Waals surface area contributed by atoms with E-state index in [9.17, 15) is 4.79 Å². The van der Waals surface area contributed by atoms with Gasteiger partial charge in [-0.15, -0.1) is 0 Å². The van der Waals surface area contributed by atoms with Crippen molar-refractivity contribution in [2.24, 2.45) is 5.41 Å². The Hall–Kier alpha value is -0.730. The normalized spacial score (nSPS) is 25.9. The minimum absolute atomic E-state index is 0.162. The van der Waals surface area contributed by atoms with Gasteiger partial charge in [-0.3, -0.25) is 0 Å². The zero-order valence-electron chi connectivity index (χ0n) is 9.88. The number of carbonyl (C=O) groups excluding carboxylic acids is 1. The Labute approximate surface area is 92.2 Å². The highest BCUT2D eigenvalue weighted by atomic mass is 16.2. The average molecular weight is 210 g/mol. The van der Waals surface area contributed by atoms with Gasteiger partial charge in [0, 0.05) is 19.1 Å². The Balaban J connectivity index is 1.84. The molecule has 0 aromatic rings. The second-order valence-corrected chi connectivity index (χ2v) is 5.73. The molecule has 15 heavy (non-hydrogen) atoms. The van der Waals surface area contributed by atoms with Crippen LogP contribution in [0.25, 0.3) is 0 Å². The van der Waals surface area contributed by atoms with Crippen molar-refractivity contribution in [3.05, 3.63) is 0 Å².